The summed E-state index contributed by atoms with van der Waals surface area (Å²) in [6.07, 6.45) is 0. The topological polar surface area (TPSA) is 41.6 Å². The first-order chi connectivity index (χ1) is 11.0. The van der Waals surface area contributed by atoms with Crippen LogP contribution < -0.4 is 10.1 Å². The molecule has 0 saturated carbocycles. The summed E-state index contributed by atoms with van der Waals surface area (Å²) in [5, 5.41) is 3.51. The van der Waals surface area contributed by atoms with Gasteiger partial charge in [0, 0.05) is 23.7 Å². The van der Waals surface area contributed by atoms with Crippen molar-refractivity contribution in [1.29, 1.82) is 0 Å². The van der Waals surface area contributed by atoms with E-state index < -0.39 is 0 Å². The van der Waals surface area contributed by atoms with Crippen molar-refractivity contribution in [3.05, 3.63) is 64.7 Å². The van der Waals surface area contributed by atoms with Crippen molar-refractivity contribution >= 4 is 17.5 Å². The number of carbonyl (C=O) groups is 1. The number of amides is 1. The average molecular weight is 333 g/mol. The molecular weight excluding hydrogens is 312 g/mol. The first kappa shape index (κ1) is 17.3. The second kappa shape index (κ2) is 8.56. The van der Waals surface area contributed by atoms with E-state index in [0.717, 1.165) is 17.9 Å². The van der Waals surface area contributed by atoms with Gasteiger partial charge in [0.15, 0.2) is 0 Å². The van der Waals surface area contributed by atoms with Gasteiger partial charge >= 0.3 is 0 Å². The lowest BCUT2D eigenvalue weighted by atomic mass is 10.2. The zero-order chi connectivity index (χ0) is 16.7. The van der Waals surface area contributed by atoms with Gasteiger partial charge in [-0.05, 0) is 56.1 Å². The van der Waals surface area contributed by atoms with Crippen LogP contribution >= 0.6 is 11.6 Å². The van der Waals surface area contributed by atoms with Crippen molar-refractivity contribution in [2.75, 3.05) is 27.2 Å². The van der Waals surface area contributed by atoms with Crippen LogP contribution in [-0.4, -0.2) is 38.1 Å². The Morgan fingerprint density at radius 3 is 2.61 bits per heavy atom. The molecule has 2 rings (SSSR count). The number of likely N-dealkylation sites (N-methyl/N-ethyl adjacent to an activating group) is 1. The Balaban J connectivity index is 1.87. The van der Waals surface area contributed by atoms with Crippen molar-refractivity contribution in [3.8, 4) is 5.75 Å². The van der Waals surface area contributed by atoms with E-state index in [9.17, 15) is 4.79 Å². The van der Waals surface area contributed by atoms with Crippen LogP contribution in [-0.2, 0) is 6.54 Å². The number of rotatable bonds is 7. The van der Waals surface area contributed by atoms with E-state index in [1.54, 1.807) is 24.3 Å². The molecule has 0 aliphatic rings. The second-order valence-electron chi connectivity index (χ2n) is 5.49. The Labute approximate surface area is 142 Å². The quantitative estimate of drug-likeness (QED) is 0.846. The fourth-order valence-electron chi connectivity index (χ4n) is 1.98. The van der Waals surface area contributed by atoms with Crippen LogP contribution in [0.1, 0.15) is 15.9 Å². The lowest BCUT2D eigenvalue weighted by Crippen LogP contribution is -2.22. The van der Waals surface area contributed by atoms with Crippen molar-refractivity contribution in [2.45, 2.75) is 6.54 Å². The molecule has 122 valence electrons. The summed E-state index contributed by atoms with van der Waals surface area (Å²) in [6, 6.07) is 14.6. The molecule has 4 nitrogen and oxygen atoms in total. The average Bonchev–Trinajstić information content (AvgIpc) is 2.53. The van der Waals surface area contributed by atoms with Crippen molar-refractivity contribution in [3.63, 3.8) is 0 Å². The molecule has 0 heterocycles. The monoisotopic (exact) mass is 332 g/mol. The first-order valence-electron chi connectivity index (χ1n) is 7.45. The Morgan fingerprint density at radius 2 is 1.91 bits per heavy atom. The summed E-state index contributed by atoms with van der Waals surface area (Å²) in [7, 11) is 4.01. The van der Waals surface area contributed by atoms with Gasteiger partial charge in [-0.2, -0.15) is 0 Å². The third-order valence-corrected chi connectivity index (χ3v) is 3.52. The minimum absolute atomic E-state index is 0.124. The summed E-state index contributed by atoms with van der Waals surface area (Å²) in [5.74, 6) is 0.686. The molecule has 0 bridgehead atoms. The van der Waals surface area contributed by atoms with Crippen molar-refractivity contribution < 1.29 is 9.53 Å². The molecule has 1 amide bonds. The van der Waals surface area contributed by atoms with Crippen LogP contribution in [0.3, 0.4) is 0 Å². The maximum Gasteiger partial charge on any atom is 0.251 e. The van der Waals surface area contributed by atoms with Crippen LogP contribution in [0.2, 0.25) is 5.02 Å². The van der Waals surface area contributed by atoms with Gasteiger partial charge < -0.3 is 15.0 Å². The highest BCUT2D eigenvalue weighted by Gasteiger charge is 2.05. The summed E-state index contributed by atoms with van der Waals surface area (Å²) >= 11 is 5.82. The van der Waals surface area contributed by atoms with Gasteiger partial charge in [0.25, 0.3) is 5.91 Å². The minimum Gasteiger partial charge on any atom is -0.492 e. The lowest BCUT2D eigenvalue weighted by Gasteiger charge is -2.12. The van der Waals surface area contributed by atoms with E-state index in [-0.39, 0.29) is 5.91 Å². The van der Waals surface area contributed by atoms with Gasteiger partial charge in [0.1, 0.15) is 12.4 Å². The number of halogens is 1. The maximum atomic E-state index is 12.1. The molecule has 23 heavy (non-hydrogen) atoms. The molecule has 2 aromatic rings. The zero-order valence-corrected chi connectivity index (χ0v) is 14.1. The Kier molecular flexibility index (Phi) is 6.44. The third-order valence-electron chi connectivity index (χ3n) is 3.27. The normalized spacial score (nSPS) is 10.6. The number of benzene rings is 2. The standard InChI is InChI=1S/C18H21ClN2O2/c1-21(2)10-11-23-17-5-3-4-14(12-17)13-20-18(22)15-6-8-16(19)9-7-15/h3-9,12H,10-11,13H2,1-2H3,(H,20,22). The summed E-state index contributed by atoms with van der Waals surface area (Å²) in [4.78, 5) is 14.1. The van der Waals surface area contributed by atoms with Gasteiger partial charge in [-0.3, -0.25) is 4.79 Å². The molecule has 0 fully saturated rings. The van der Waals surface area contributed by atoms with Gasteiger partial charge in [0.2, 0.25) is 0 Å². The number of hydrogen-bond donors (Lipinski definition) is 1. The van der Waals surface area contributed by atoms with E-state index in [0.29, 0.717) is 23.7 Å². The van der Waals surface area contributed by atoms with Gasteiger partial charge in [0.05, 0.1) is 0 Å². The predicted octanol–water partition coefficient (Wildman–Crippen LogP) is 3.21. The molecular formula is C18H21ClN2O2. The zero-order valence-electron chi connectivity index (χ0n) is 13.4. The van der Waals surface area contributed by atoms with Gasteiger partial charge in [-0.15, -0.1) is 0 Å². The summed E-state index contributed by atoms with van der Waals surface area (Å²) in [6.45, 7) is 1.94. The number of nitrogens with zero attached hydrogens (tertiary/aromatic N) is 1. The lowest BCUT2D eigenvalue weighted by molar-refractivity contribution is 0.0951. The Morgan fingerprint density at radius 1 is 1.17 bits per heavy atom. The molecule has 0 aliphatic heterocycles. The Hall–Kier alpha value is -2.04. The molecule has 0 atom stereocenters. The highest BCUT2D eigenvalue weighted by molar-refractivity contribution is 6.30. The molecule has 0 aliphatic carbocycles. The Bertz CT molecular complexity index is 642. The van der Waals surface area contributed by atoms with Crippen molar-refractivity contribution in [2.24, 2.45) is 0 Å². The molecule has 0 radical (unpaired) electrons. The molecule has 0 unspecified atom stereocenters. The molecule has 0 spiro atoms. The van der Waals surface area contributed by atoms with Gasteiger partial charge in [-0.1, -0.05) is 23.7 Å². The SMILES string of the molecule is CN(C)CCOc1cccc(CNC(=O)c2ccc(Cl)cc2)c1. The largest absolute Gasteiger partial charge is 0.492 e. The smallest absolute Gasteiger partial charge is 0.251 e. The molecule has 0 saturated heterocycles. The number of carbonyl (C=O) groups excluding carboxylic acids is 1. The number of hydrogen-bond acceptors (Lipinski definition) is 3. The van der Waals surface area contributed by atoms with E-state index in [4.69, 9.17) is 16.3 Å². The fourth-order valence-corrected chi connectivity index (χ4v) is 2.10. The highest BCUT2D eigenvalue weighted by Crippen LogP contribution is 2.14. The van der Waals surface area contributed by atoms with Crippen LogP contribution in [0.5, 0.6) is 5.75 Å². The van der Waals surface area contributed by atoms with E-state index in [2.05, 4.69) is 10.2 Å². The molecule has 5 heteroatoms. The van der Waals surface area contributed by atoms with Crippen molar-refractivity contribution in [1.82, 2.24) is 10.2 Å². The van der Waals surface area contributed by atoms with E-state index in [1.807, 2.05) is 38.4 Å². The minimum atomic E-state index is -0.124. The first-order valence-corrected chi connectivity index (χ1v) is 7.82. The number of nitrogens with one attached hydrogen (secondary N) is 1. The third kappa shape index (κ3) is 5.93. The van der Waals surface area contributed by atoms with Crippen LogP contribution in [0.15, 0.2) is 48.5 Å². The fraction of sp³-hybridized carbons (Fsp3) is 0.278. The number of ether oxygens (including phenoxy) is 1. The van der Waals surface area contributed by atoms with E-state index >= 15 is 0 Å². The highest BCUT2D eigenvalue weighted by atomic mass is 35.5. The maximum absolute atomic E-state index is 12.1. The summed E-state index contributed by atoms with van der Waals surface area (Å²) < 4.78 is 5.69. The molecule has 0 aromatic heterocycles. The second-order valence-corrected chi connectivity index (χ2v) is 5.93. The van der Waals surface area contributed by atoms with Crippen LogP contribution in [0.4, 0.5) is 0 Å². The molecule has 2 aromatic carbocycles. The van der Waals surface area contributed by atoms with Crippen LogP contribution in [0, 0.1) is 0 Å². The predicted molar refractivity (Wildman–Crippen MR) is 93.1 cm³/mol. The van der Waals surface area contributed by atoms with E-state index in [1.165, 1.54) is 0 Å². The van der Waals surface area contributed by atoms with Crippen LogP contribution in [0.25, 0.3) is 0 Å². The summed E-state index contributed by atoms with van der Waals surface area (Å²) in [5.41, 5.74) is 1.59. The van der Waals surface area contributed by atoms with Gasteiger partial charge in [-0.25, -0.2) is 0 Å². The molecule has 1 N–H and O–H groups in total.